The number of aromatic nitrogens is 2. The highest BCUT2D eigenvalue weighted by Crippen LogP contribution is 2.34. The third-order valence-electron chi connectivity index (χ3n) is 4.78. The van der Waals surface area contributed by atoms with Crippen LogP contribution in [0.25, 0.3) is 0 Å². The van der Waals surface area contributed by atoms with Gasteiger partial charge in [-0.05, 0) is 12.0 Å². The molecule has 3 rings (SSSR count). The quantitative estimate of drug-likeness (QED) is 0.786. The second-order valence-electron chi connectivity index (χ2n) is 7.96. The van der Waals surface area contributed by atoms with E-state index in [-0.39, 0.29) is 23.8 Å². The lowest BCUT2D eigenvalue weighted by Crippen LogP contribution is -2.44. The van der Waals surface area contributed by atoms with Crippen LogP contribution in [-0.2, 0) is 22.3 Å². The lowest BCUT2D eigenvalue weighted by atomic mass is 9.85. The number of hydrogen-bond donors (Lipinski definition) is 1. The fraction of sp³-hybridized carbons (Fsp3) is 0.500. The van der Waals surface area contributed by atoms with Gasteiger partial charge in [-0.1, -0.05) is 76.0 Å². The van der Waals surface area contributed by atoms with E-state index in [1.54, 1.807) is 0 Å². The Kier molecular flexibility index (Phi) is 5.04. The number of nitrogens with zero attached hydrogens (tertiary/aromatic N) is 3. The Morgan fingerprint density at radius 1 is 1.19 bits per heavy atom. The predicted molar refractivity (Wildman–Crippen MR) is 99.7 cm³/mol. The Morgan fingerprint density at radius 2 is 1.89 bits per heavy atom. The van der Waals surface area contributed by atoms with E-state index in [1.807, 2.05) is 51.1 Å². The molecule has 1 unspecified atom stereocenters. The first-order chi connectivity index (χ1) is 12.8. The standard InChI is InChI=1S/C20H26N4O3/c1-5-6-12-20(14-10-8-7-9-11-14)17(25)24(18(26)22-20)13-15-21-16(23-27-15)19(2,3)4/h7-11H,5-6,12-13H2,1-4H3,(H,22,26). The van der Waals surface area contributed by atoms with Crippen LogP contribution in [0.4, 0.5) is 4.79 Å². The van der Waals surface area contributed by atoms with E-state index in [2.05, 4.69) is 22.4 Å². The van der Waals surface area contributed by atoms with Gasteiger partial charge in [0.15, 0.2) is 5.82 Å². The molecule has 1 aliphatic rings. The Balaban J connectivity index is 1.89. The number of carbonyl (C=O) groups excluding carboxylic acids is 2. The number of amides is 3. The fourth-order valence-electron chi connectivity index (χ4n) is 3.20. The Hall–Kier alpha value is -2.70. The summed E-state index contributed by atoms with van der Waals surface area (Å²) in [7, 11) is 0. The molecule has 1 fully saturated rings. The lowest BCUT2D eigenvalue weighted by Gasteiger charge is -2.27. The summed E-state index contributed by atoms with van der Waals surface area (Å²) in [6.45, 7) is 7.94. The largest absolute Gasteiger partial charge is 0.337 e. The number of benzene rings is 1. The number of nitrogens with one attached hydrogen (secondary N) is 1. The van der Waals surface area contributed by atoms with Crippen LogP contribution in [0.5, 0.6) is 0 Å². The summed E-state index contributed by atoms with van der Waals surface area (Å²) < 4.78 is 5.27. The number of rotatable bonds is 6. The van der Waals surface area contributed by atoms with Crippen molar-refractivity contribution in [3.8, 4) is 0 Å². The number of imide groups is 1. The summed E-state index contributed by atoms with van der Waals surface area (Å²) >= 11 is 0. The van der Waals surface area contributed by atoms with Gasteiger partial charge in [-0.2, -0.15) is 4.98 Å². The molecule has 1 N–H and O–H groups in total. The predicted octanol–water partition coefficient (Wildman–Crippen LogP) is 3.50. The highest BCUT2D eigenvalue weighted by molar-refractivity contribution is 6.07. The monoisotopic (exact) mass is 370 g/mol. The third kappa shape index (κ3) is 3.59. The molecule has 0 radical (unpaired) electrons. The Labute approximate surface area is 159 Å². The number of carbonyl (C=O) groups is 2. The van der Waals surface area contributed by atoms with Gasteiger partial charge >= 0.3 is 6.03 Å². The third-order valence-corrected chi connectivity index (χ3v) is 4.78. The molecule has 7 heteroatoms. The van der Waals surface area contributed by atoms with E-state index in [4.69, 9.17) is 4.52 Å². The van der Waals surface area contributed by atoms with Crippen molar-refractivity contribution in [2.45, 2.75) is 64.5 Å². The van der Waals surface area contributed by atoms with Gasteiger partial charge in [0.1, 0.15) is 12.1 Å². The highest BCUT2D eigenvalue weighted by atomic mass is 16.5. The molecule has 0 bridgehead atoms. The van der Waals surface area contributed by atoms with E-state index in [9.17, 15) is 9.59 Å². The minimum atomic E-state index is -1.04. The van der Waals surface area contributed by atoms with Gasteiger partial charge in [0.2, 0.25) is 5.89 Å². The van der Waals surface area contributed by atoms with Crippen LogP contribution in [0.15, 0.2) is 34.9 Å². The molecule has 0 saturated carbocycles. The number of hydrogen-bond acceptors (Lipinski definition) is 5. The summed E-state index contributed by atoms with van der Waals surface area (Å²) in [5.74, 6) is 0.523. The minimum absolute atomic E-state index is 0.0333. The van der Waals surface area contributed by atoms with Gasteiger partial charge in [-0.15, -0.1) is 0 Å². The number of unbranched alkanes of at least 4 members (excludes halogenated alkanes) is 1. The van der Waals surface area contributed by atoms with Gasteiger partial charge in [-0.25, -0.2) is 4.79 Å². The van der Waals surface area contributed by atoms with Crippen LogP contribution in [0.2, 0.25) is 0 Å². The maximum absolute atomic E-state index is 13.3. The van der Waals surface area contributed by atoms with E-state index in [0.29, 0.717) is 12.2 Å². The zero-order valence-corrected chi connectivity index (χ0v) is 16.3. The van der Waals surface area contributed by atoms with Crippen molar-refractivity contribution in [1.29, 1.82) is 0 Å². The van der Waals surface area contributed by atoms with Crippen molar-refractivity contribution < 1.29 is 14.1 Å². The van der Waals surface area contributed by atoms with Gasteiger partial charge in [-0.3, -0.25) is 9.69 Å². The maximum atomic E-state index is 13.3. The van der Waals surface area contributed by atoms with Crippen LogP contribution in [0.1, 0.15) is 64.2 Å². The lowest BCUT2D eigenvalue weighted by molar-refractivity contribution is -0.132. The SMILES string of the molecule is CCCCC1(c2ccccc2)NC(=O)N(Cc2nc(C(C)(C)C)no2)C1=O. The molecule has 27 heavy (non-hydrogen) atoms. The van der Waals surface area contributed by atoms with E-state index < -0.39 is 11.6 Å². The fourth-order valence-corrected chi connectivity index (χ4v) is 3.20. The molecule has 144 valence electrons. The van der Waals surface area contributed by atoms with Gasteiger partial charge in [0.05, 0.1) is 0 Å². The van der Waals surface area contributed by atoms with Gasteiger partial charge in [0, 0.05) is 5.41 Å². The van der Waals surface area contributed by atoms with E-state index >= 15 is 0 Å². The molecular formula is C20H26N4O3. The van der Waals surface area contributed by atoms with Crippen LogP contribution in [0.3, 0.4) is 0 Å². The molecule has 1 aromatic heterocycles. The van der Waals surface area contributed by atoms with Crippen molar-refractivity contribution in [3.05, 3.63) is 47.6 Å². The van der Waals surface area contributed by atoms with E-state index in [1.165, 1.54) is 4.90 Å². The first-order valence-electron chi connectivity index (χ1n) is 9.30. The summed E-state index contributed by atoms with van der Waals surface area (Å²) in [6.07, 6.45) is 2.30. The molecule has 2 aromatic rings. The minimum Gasteiger partial charge on any atom is -0.337 e. The Bertz CT molecular complexity index is 825. The average Bonchev–Trinajstić information content (AvgIpc) is 3.20. The summed E-state index contributed by atoms with van der Waals surface area (Å²) in [5.41, 5.74) is -0.518. The summed E-state index contributed by atoms with van der Waals surface area (Å²) in [6, 6.07) is 8.96. The van der Waals surface area contributed by atoms with E-state index in [0.717, 1.165) is 18.4 Å². The smallest absolute Gasteiger partial charge is 0.325 e. The maximum Gasteiger partial charge on any atom is 0.325 e. The molecule has 0 spiro atoms. The zero-order chi connectivity index (χ0) is 19.7. The second-order valence-corrected chi connectivity index (χ2v) is 7.96. The molecule has 1 atom stereocenters. The average molecular weight is 370 g/mol. The van der Waals surface area contributed by atoms with Gasteiger partial charge in [0.25, 0.3) is 5.91 Å². The Morgan fingerprint density at radius 3 is 2.48 bits per heavy atom. The second kappa shape index (κ2) is 7.13. The molecule has 1 saturated heterocycles. The molecule has 7 nitrogen and oxygen atoms in total. The first-order valence-corrected chi connectivity index (χ1v) is 9.30. The van der Waals surface area contributed by atoms with Gasteiger partial charge < -0.3 is 9.84 Å². The molecule has 2 heterocycles. The van der Waals surface area contributed by atoms with Crippen LogP contribution in [0, 0.1) is 0 Å². The molecule has 1 aliphatic heterocycles. The van der Waals surface area contributed by atoms with Crippen LogP contribution in [-0.4, -0.2) is 27.0 Å². The highest BCUT2D eigenvalue weighted by Gasteiger charge is 2.52. The van der Waals surface area contributed by atoms with Crippen LogP contribution < -0.4 is 5.32 Å². The molecule has 0 aliphatic carbocycles. The number of urea groups is 1. The molecular weight excluding hydrogens is 344 g/mol. The van der Waals surface area contributed by atoms with Crippen molar-refractivity contribution in [1.82, 2.24) is 20.4 Å². The normalized spacial score (nSPS) is 20.2. The van der Waals surface area contributed by atoms with Crippen molar-refractivity contribution in [2.24, 2.45) is 0 Å². The summed E-state index contributed by atoms with van der Waals surface area (Å²) in [4.78, 5) is 31.5. The van der Waals surface area contributed by atoms with Crippen molar-refractivity contribution in [2.75, 3.05) is 0 Å². The van der Waals surface area contributed by atoms with Crippen LogP contribution >= 0.6 is 0 Å². The van der Waals surface area contributed by atoms with Crippen molar-refractivity contribution in [3.63, 3.8) is 0 Å². The van der Waals surface area contributed by atoms with Crippen molar-refractivity contribution >= 4 is 11.9 Å². The molecule has 3 amide bonds. The molecule has 1 aromatic carbocycles. The topological polar surface area (TPSA) is 88.3 Å². The summed E-state index contributed by atoms with van der Waals surface area (Å²) in [5, 5.41) is 6.89. The first kappa shape index (κ1) is 19.1. The zero-order valence-electron chi connectivity index (χ0n) is 16.3.